The second-order valence-corrected chi connectivity index (χ2v) is 14.3. The van der Waals surface area contributed by atoms with Crippen molar-refractivity contribution in [1.29, 1.82) is 0 Å². The first-order valence-corrected chi connectivity index (χ1v) is 21.5. The zero-order valence-corrected chi connectivity index (χ0v) is 33.6. The van der Waals surface area contributed by atoms with Gasteiger partial charge in [0.25, 0.3) is 0 Å². The van der Waals surface area contributed by atoms with E-state index in [1.165, 1.54) is 44.9 Å². The quantitative estimate of drug-likeness (QED) is 0.0189. The van der Waals surface area contributed by atoms with Crippen molar-refractivity contribution < 1.29 is 43.0 Å². The minimum atomic E-state index is -4.80. The summed E-state index contributed by atoms with van der Waals surface area (Å²) in [5.41, 5.74) is 0. The van der Waals surface area contributed by atoms with Crippen molar-refractivity contribution in [2.75, 3.05) is 13.2 Å². The fraction of sp³-hybridized carbons (Fsp3) is 0.628. The lowest BCUT2D eigenvalue weighted by Gasteiger charge is -2.18. The Hall–Kier alpha value is -2.81. The van der Waals surface area contributed by atoms with Crippen molar-refractivity contribution in [2.24, 2.45) is 0 Å². The summed E-state index contributed by atoms with van der Waals surface area (Å²) in [6.07, 6.45) is 46.1. The molecule has 2 atom stereocenters. The third-order valence-corrected chi connectivity index (χ3v) is 8.45. The number of carbonyl (C=O) groups is 2. The molecule has 0 rings (SSSR count). The summed E-state index contributed by atoms with van der Waals surface area (Å²) >= 11 is 0. The number of hydrogen-bond acceptors (Lipinski definition) is 7. The molecule has 0 saturated heterocycles. The van der Waals surface area contributed by atoms with Gasteiger partial charge in [-0.2, -0.15) is 0 Å². The summed E-state index contributed by atoms with van der Waals surface area (Å²) in [4.78, 5) is 42.8. The van der Waals surface area contributed by atoms with E-state index in [1.54, 1.807) is 18.2 Å². The first-order valence-electron chi connectivity index (χ1n) is 20.0. The number of allylic oxidation sites excluding steroid dienone is 12. The minimum Gasteiger partial charge on any atom is -0.462 e. The molecule has 0 aliphatic rings. The molecule has 0 bridgehead atoms. The van der Waals surface area contributed by atoms with Crippen LogP contribution in [0.25, 0.3) is 0 Å². The average molecular weight is 763 g/mol. The molecule has 302 valence electrons. The molecule has 0 aromatic carbocycles. The number of esters is 2. The molecule has 0 heterocycles. The highest BCUT2D eigenvalue weighted by Gasteiger charge is 2.22. The van der Waals surface area contributed by atoms with Crippen molar-refractivity contribution in [1.82, 2.24) is 0 Å². The van der Waals surface area contributed by atoms with Gasteiger partial charge in [-0.1, -0.05) is 137 Å². The molecule has 3 N–H and O–H groups in total. The highest BCUT2D eigenvalue weighted by molar-refractivity contribution is 7.46. The average Bonchev–Trinajstić information content (AvgIpc) is 3.12. The topological polar surface area (TPSA) is 140 Å². The molecule has 0 radical (unpaired) electrons. The first-order chi connectivity index (χ1) is 25.7. The lowest BCUT2D eigenvalue weighted by Crippen LogP contribution is -2.29. The molecule has 53 heavy (non-hydrogen) atoms. The molecule has 0 saturated carbocycles. The molecule has 1 unspecified atom stereocenters. The number of phosphoric ester groups is 1. The number of rotatable bonds is 35. The maximum atomic E-state index is 12.4. The lowest BCUT2D eigenvalue weighted by atomic mass is 10.1. The van der Waals surface area contributed by atoms with Crippen molar-refractivity contribution in [3.05, 3.63) is 85.1 Å². The van der Waals surface area contributed by atoms with Gasteiger partial charge in [0.2, 0.25) is 0 Å². The van der Waals surface area contributed by atoms with Crippen molar-refractivity contribution in [2.45, 2.75) is 161 Å². The van der Waals surface area contributed by atoms with Crippen LogP contribution in [0.1, 0.15) is 149 Å². The zero-order valence-electron chi connectivity index (χ0n) is 32.7. The van der Waals surface area contributed by atoms with Gasteiger partial charge in [-0.25, -0.2) is 4.57 Å². The van der Waals surface area contributed by atoms with Gasteiger partial charge < -0.3 is 24.4 Å². The molecular weight excluding hydrogens is 691 g/mol. The van der Waals surface area contributed by atoms with Crippen molar-refractivity contribution in [3.63, 3.8) is 0 Å². The fourth-order valence-electron chi connectivity index (χ4n) is 4.92. The molecule has 0 amide bonds. The van der Waals surface area contributed by atoms with Crippen molar-refractivity contribution >= 4 is 19.8 Å². The first kappa shape index (κ1) is 50.2. The van der Waals surface area contributed by atoms with Gasteiger partial charge in [0.1, 0.15) is 6.61 Å². The predicted molar refractivity (Wildman–Crippen MR) is 217 cm³/mol. The summed E-state index contributed by atoms with van der Waals surface area (Å²) < 4.78 is 26.2. The molecule has 0 aromatic heterocycles. The van der Waals surface area contributed by atoms with E-state index in [4.69, 9.17) is 19.3 Å². The van der Waals surface area contributed by atoms with E-state index in [1.807, 2.05) is 18.2 Å². The minimum absolute atomic E-state index is 0.0671. The standard InChI is InChI=1S/C43H71O9P/c1-3-5-7-9-11-13-14-15-16-17-18-19-20-22-24-28-32-36-42(45)50-38-41(39-51-53(47,48)49)52-43(46)37-33-29-25-27-31-35-40(44)34-30-26-23-21-12-10-8-6-4-2/h11-13,15-16,18-19,21,25-27,30-31,35,40-41,44H,3-10,14,17,20,22-24,28-29,32-34,36-39H2,1-2H3,(H2,47,48,49)/b13-11-,16-15-,19-18-,21-12-,27-25+,30-26-,35-31-/t40?,41-/m1/s1. The van der Waals surface area contributed by atoms with E-state index in [0.29, 0.717) is 25.7 Å². The number of ether oxygens (including phenoxy) is 2. The highest BCUT2D eigenvalue weighted by atomic mass is 31.2. The third-order valence-electron chi connectivity index (χ3n) is 7.97. The fourth-order valence-corrected chi connectivity index (χ4v) is 5.28. The summed E-state index contributed by atoms with van der Waals surface area (Å²) in [7, 11) is -4.80. The molecular formula is C43H71O9P. The molecule has 0 fully saturated rings. The summed E-state index contributed by atoms with van der Waals surface area (Å²) in [5, 5.41) is 10.1. The normalized spacial score (nSPS) is 14.0. The lowest BCUT2D eigenvalue weighted by molar-refractivity contribution is -0.161. The second-order valence-electron chi connectivity index (χ2n) is 13.1. The van der Waals surface area contributed by atoms with E-state index in [2.05, 4.69) is 67.0 Å². The van der Waals surface area contributed by atoms with Gasteiger partial charge in [0.05, 0.1) is 12.7 Å². The van der Waals surface area contributed by atoms with Gasteiger partial charge in [0, 0.05) is 12.8 Å². The number of aliphatic hydroxyl groups excluding tert-OH is 1. The Morgan fingerprint density at radius 3 is 1.68 bits per heavy atom. The SMILES string of the molecule is CCCCC/C=C\C/C=C\C/C=C\CCCCCCC(=O)OC[C@H](COP(=O)(O)O)OC(=O)CCC/C=C/C=C\C(O)C/C=C\C/C=C\CCCCC. The summed E-state index contributed by atoms with van der Waals surface area (Å²) in [5.74, 6) is -1.05. The third kappa shape index (κ3) is 40.2. The van der Waals surface area contributed by atoms with Crippen LogP contribution in [0.4, 0.5) is 0 Å². The van der Waals surface area contributed by atoms with E-state index in [9.17, 15) is 19.3 Å². The Labute approximate surface area is 321 Å². The van der Waals surface area contributed by atoms with Crippen LogP contribution in [0.3, 0.4) is 0 Å². The Morgan fingerprint density at radius 2 is 1.09 bits per heavy atom. The van der Waals surface area contributed by atoms with E-state index < -0.39 is 38.6 Å². The summed E-state index contributed by atoms with van der Waals surface area (Å²) in [6, 6.07) is 0. The molecule has 0 aliphatic carbocycles. The Bertz CT molecular complexity index is 1150. The number of hydrogen-bond donors (Lipinski definition) is 3. The van der Waals surface area contributed by atoms with Crippen LogP contribution in [0.5, 0.6) is 0 Å². The van der Waals surface area contributed by atoms with Crippen LogP contribution in [0, 0.1) is 0 Å². The number of unbranched alkanes of at least 4 members (excludes halogenated alkanes) is 11. The summed E-state index contributed by atoms with van der Waals surface area (Å²) in [6.45, 7) is 3.47. The maximum Gasteiger partial charge on any atom is 0.469 e. The zero-order chi connectivity index (χ0) is 39.1. The van der Waals surface area contributed by atoms with E-state index in [0.717, 1.165) is 51.4 Å². The van der Waals surface area contributed by atoms with E-state index in [-0.39, 0.29) is 19.4 Å². The monoisotopic (exact) mass is 762 g/mol. The molecule has 0 aliphatic heterocycles. The van der Waals surface area contributed by atoms with Crippen molar-refractivity contribution in [3.8, 4) is 0 Å². The van der Waals surface area contributed by atoms with Gasteiger partial charge in [-0.15, -0.1) is 0 Å². The van der Waals surface area contributed by atoms with Crippen LogP contribution in [-0.2, 0) is 28.2 Å². The Morgan fingerprint density at radius 1 is 0.585 bits per heavy atom. The van der Waals surface area contributed by atoms with Crippen LogP contribution in [0.15, 0.2) is 85.1 Å². The van der Waals surface area contributed by atoms with Gasteiger partial charge in [0.15, 0.2) is 6.10 Å². The number of aliphatic hydroxyl groups is 1. The smallest absolute Gasteiger partial charge is 0.462 e. The van der Waals surface area contributed by atoms with Crippen LogP contribution >= 0.6 is 7.82 Å². The molecule has 10 heteroatoms. The number of carbonyl (C=O) groups excluding carboxylic acids is 2. The molecule has 0 aromatic rings. The van der Waals surface area contributed by atoms with Gasteiger partial charge in [-0.05, 0) is 83.5 Å². The second kappa shape index (κ2) is 37.5. The Kier molecular flexibility index (Phi) is 35.5. The van der Waals surface area contributed by atoms with Crippen LogP contribution < -0.4 is 0 Å². The molecule has 9 nitrogen and oxygen atoms in total. The maximum absolute atomic E-state index is 12.4. The predicted octanol–water partition coefficient (Wildman–Crippen LogP) is 11.0. The largest absolute Gasteiger partial charge is 0.469 e. The Balaban J connectivity index is 4.20. The van der Waals surface area contributed by atoms with Crippen LogP contribution in [0.2, 0.25) is 0 Å². The van der Waals surface area contributed by atoms with Crippen LogP contribution in [-0.4, -0.2) is 52.3 Å². The highest BCUT2D eigenvalue weighted by Crippen LogP contribution is 2.36. The van der Waals surface area contributed by atoms with Gasteiger partial charge >= 0.3 is 19.8 Å². The van der Waals surface area contributed by atoms with E-state index >= 15 is 0 Å². The number of phosphoric acid groups is 1. The van der Waals surface area contributed by atoms with Gasteiger partial charge in [-0.3, -0.25) is 14.1 Å². The molecule has 0 spiro atoms.